The molecule has 3 rings (SSSR count). The van der Waals surface area contributed by atoms with Gasteiger partial charge in [0.15, 0.2) is 0 Å². The largest absolute Gasteiger partial charge is 0.372 e. The Balaban J connectivity index is 1.66. The molecule has 0 amide bonds. The molecule has 1 heterocycles. The first kappa shape index (κ1) is 10.3. The third kappa shape index (κ3) is 1.87. The van der Waals surface area contributed by atoms with Crippen LogP contribution in [-0.2, 0) is 4.74 Å². The summed E-state index contributed by atoms with van der Waals surface area (Å²) in [5.41, 5.74) is 1.51. The molecular formula is C14H19NO. The van der Waals surface area contributed by atoms with E-state index in [-0.39, 0.29) is 5.60 Å². The lowest BCUT2D eigenvalue weighted by molar-refractivity contribution is -0.0788. The predicted molar refractivity (Wildman–Crippen MR) is 64.3 cm³/mol. The molecule has 1 aliphatic carbocycles. The molecular weight excluding hydrogens is 198 g/mol. The minimum absolute atomic E-state index is 0.172. The van der Waals surface area contributed by atoms with Gasteiger partial charge in [-0.2, -0.15) is 0 Å². The molecule has 2 aliphatic rings. The summed E-state index contributed by atoms with van der Waals surface area (Å²) in [6, 6.07) is 11.0. The Kier molecular flexibility index (Phi) is 2.70. The van der Waals surface area contributed by atoms with Crippen molar-refractivity contribution in [3.63, 3.8) is 0 Å². The van der Waals surface area contributed by atoms with Crippen molar-refractivity contribution >= 4 is 0 Å². The molecule has 1 saturated carbocycles. The molecule has 0 bridgehead atoms. The van der Waals surface area contributed by atoms with Crippen LogP contribution in [0.25, 0.3) is 0 Å². The van der Waals surface area contributed by atoms with Crippen LogP contribution in [-0.4, -0.2) is 18.8 Å². The monoisotopic (exact) mass is 217 g/mol. The van der Waals surface area contributed by atoms with Crippen molar-refractivity contribution in [1.29, 1.82) is 0 Å². The molecule has 1 spiro atoms. The van der Waals surface area contributed by atoms with Crippen LogP contribution in [0.3, 0.4) is 0 Å². The summed E-state index contributed by atoms with van der Waals surface area (Å²) in [4.78, 5) is 0. The molecule has 0 aromatic heterocycles. The Morgan fingerprint density at radius 1 is 1.12 bits per heavy atom. The number of hydrogen-bond acceptors (Lipinski definition) is 2. The van der Waals surface area contributed by atoms with Crippen molar-refractivity contribution in [1.82, 2.24) is 5.32 Å². The zero-order valence-electron chi connectivity index (χ0n) is 9.61. The maximum atomic E-state index is 6.13. The SMILES string of the molecule is c1ccc(C2COC3(CCCC3)CN2)cc1. The van der Waals surface area contributed by atoms with E-state index in [4.69, 9.17) is 4.74 Å². The average Bonchev–Trinajstić information content (AvgIpc) is 2.80. The van der Waals surface area contributed by atoms with Crippen molar-refractivity contribution in [3.8, 4) is 0 Å². The van der Waals surface area contributed by atoms with Crippen LogP contribution in [0.2, 0.25) is 0 Å². The lowest BCUT2D eigenvalue weighted by atomic mass is 9.97. The molecule has 2 nitrogen and oxygen atoms in total. The van der Waals surface area contributed by atoms with Gasteiger partial charge in [0.2, 0.25) is 0 Å². The van der Waals surface area contributed by atoms with E-state index in [2.05, 4.69) is 35.6 Å². The van der Waals surface area contributed by atoms with Gasteiger partial charge in [-0.1, -0.05) is 43.2 Å². The summed E-state index contributed by atoms with van der Waals surface area (Å²) in [7, 11) is 0. The normalized spacial score (nSPS) is 28.4. The molecule has 1 unspecified atom stereocenters. The lowest BCUT2D eigenvalue weighted by Gasteiger charge is -2.38. The van der Waals surface area contributed by atoms with Gasteiger partial charge >= 0.3 is 0 Å². The molecule has 1 saturated heterocycles. The van der Waals surface area contributed by atoms with Crippen molar-refractivity contribution in [3.05, 3.63) is 35.9 Å². The van der Waals surface area contributed by atoms with Gasteiger partial charge in [-0.15, -0.1) is 0 Å². The second kappa shape index (κ2) is 4.19. The van der Waals surface area contributed by atoms with E-state index >= 15 is 0 Å². The first-order chi connectivity index (χ1) is 7.88. The van der Waals surface area contributed by atoms with Crippen LogP contribution in [0.15, 0.2) is 30.3 Å². The van der Waals surface area contributed by atoms with Gasteiger partial charge in [0.1, 0.15) is 0 Å². The first-order valence-corrected chi connectivity index (χ1v) is 6.30. The third-order valence-corrected chi connectivity index (χ3v) is 3.94. The van der Waals surface area contributed by atoms with Crippen molar-refractivity contribution < 1.29 is 4.74 Å². The minimum atomic E-state index is 0.172. The highest BCUT2D eigenvalue weighted by molar-refractivity contribution is 5.19. The quantitative estimate of drug-likeness (QED) is 0.781. The highest BCUT2D eigenvalue weighted by Gasteiger charge is 2.38. The van der Waals surface area contributed by atoms with Gasteiger partial charge in [-0.25, -0.2) is 0 Å². The van der Waals surface area contributed by atoms with Gasteiger partial charge in [0.05, 0.1) is 18.2 Å². The predicted octanol–water partition coefficient (Wildman–Crippen LogP) is 2.66. The van der Waals surface area contributed by atoms with E-state index in [0.29, 0.717) is 6.04 Å². The van der Waals surface area contributed by atoms with E-state index in [1.54, 1.807) is 0 Å². The Morgan fingerprint density at radius 3 is 2.50 bits per heavy atom. The molecule has 1 N–H and O–H groups in total. The number of nitrogens with one attached hydrogen (secondary N) is 1. The summed E-state index contributed by atoms with van der Waals surface area (Å²) in [5.74, 6) is 0. The van der Waals surface area contributed by atoms with Crippen molar-refractivity contribution in [2.24, 2.45) is 0 Å². The van der Waals surface area contributed by atoms with Gasteiger partial charge < -0.3 is 10.1 Å². The summed E-state index contributed by atoms with van der Waals surface area (Å²) in [6.07, 6.45) is 5.14. The average molecular weight is 217 g/mol. The van der Waals surface area contributed by atoms with E-state index in [1.165, 1.54) is 31.2 Å². The minimum Gasteiger partial charge on any atom is -0.372 e. The molecule has 1 atom stereocenters. The molecule has 2 fully saturated rings. The first-order valence-electron chi connectivity index (χ1n) is 6.30. The van der Waals surface area contributed by atoms with E-state index in [0.717, 1.165) is 13.2 Å². The van der Waals surface area contributed by atoms with Crippen molar-refractivity contribution in [2.75, 3.05) is 13.2 Å². The van der Waals surface area contributed by atoms with Gasteiger partial charge in [0, 0.05) is 6.54 Å². The summed E-state index contributed by atoms with van der Waals surface area (Å²) in [6.45, 7) is 1.84. The Bertz CT molecular complexity index is 333. The van der Waals surface area contributed by atoms with Crippen LogP contribution in [0.1, 0.15) is 37.3 Å². The zero-order valence-corrected chi connectivity index (χ0v) is 9.61. The Hall–Kier alpha value is -0.860. The maximum absolute atomic E-state index is 6.13. The fourth-order valence-corrected chi connectivity index (χ4v) is 2.92. The van der Waals surface area contributed by atoms with Crippen LogP contribution >= 0.6 is 0 Å². The molecule has 1 aromatic carbocycles. The molecule has 1 aromatic rings. The summed E-state index contributed by atoms with van der Waals surface area (Å²) < 4.78 is 6.13. The summed E-state index contributed by atoms with van der Waals surface area (Å²) in [5, 5.41) is 3.64. The molecule has 0 radical (unpaired) electrons. The highest BCUT2D eigenvalue weighted by Crippen LogP contribution is 2.36. The van der Waals surface area contributed by atoms with Crippen LogP contribution in [0.4, 0.5) is 0 Å². The topological polar surface area (TPSA) is 21.3 Å². The molecule has 1 aliphatic heterocycles. The van der Waals surface area contributed by atoms with E-state index < -0.39 is 0 Å². The summed E-state index contributed by atoms with van der Waals surface area (Å²) >= 11 is 0. The number of ether oxygens (including phenoxy) is 1. The van der Waals surface area contributed by atoms with E-state index in [1.807, 2.05) is 0 Å². The second-order valence-electron chi connectivity index (χ2n) is 5.05. The van der Waals surface area contributed by atoms with Crippen LogP contribution in [0, 0.1) is 0 Å². The van der Waals surface area contributed by atoms with Gasteiger partial charge in [0.25, 0.3) is 0 Å². The standard InChI is InChI=1S/C14H19NO/c1-2-6-12(7-3-1)13-10-16-14(11-15-13)8-4-5-9-14/h1-3,6-7,13,15H,4-5,8-11H2. The Morgan fingerprint density at radius 2 is 1.88 bits per heavy atom. The number of hydrogen-bond donors (Lipinski definition) is 1. The number of benzene rings is 1. The van der Waals surface area contributed by atoms with Gasteiger partial charge in [-0.05, 0) is 18.4 Å². The second-order valence-corrected chi connectivity index (χ2v) is 5.05. The molecule has 86 valence electrons. The van der Waals surface area contributed by atoms with Crippen molar-refractivity contribution in [2.45, 2.75) is 37.3 Å². The van der Waals surface area contributed by atoms with Gasteiger partial charge in [-0.3, -0.25) is 0 Å². The lowest BCUT2D eigenvalue weighted by Crippen LogP contribution is -2.49. The Labute approximate surface area is 97.0 Å². The number of rotatable bonds is 1. The van der Waals surface area contributed by atoms with Crippen LogP contribution in [0.5, 0.6) is 0 Å². The smallest absolute Gasteiger partial charge is 0.0807 e. The third-order valence-electron chi connectivity index (χ3n) is 3.94. The maximum Gasteiger partial charge on any atom is 0.0807 e. The highest BCUT2D eigenvalue weighted by atomic mass is 16.5. The fourth-order valence-electron chi connectivity index (χ4n) is 2.92. The molecule has 16 heavy (non-hydrogen) atoms. The zero-order chi connectivity index (χ0) is 10.8. The van der Waals surface area contributed by atoms with Crippen LogP contribution < -0.4 is 5.32 Å². The molecule has 2 heteroatoms. The fraction of sp³-hybridized carbons (Fsp3) is 0.571. The number of morpholine rings is 1. The van der Waals surface area contributed by atoms with E-state index in [9.17, 15) is 0 Å².